The van der Waals surface area contributed by atoms with Crippen LogP contribution in [0.4, 0.5) is 4.39 Å². The number of hydrogen-bond donors (Lipinski definition) is 0. The van der Waals surface area contributed by atoms with Crippen molar-refractivity contribution in [3.8, 4) is 5.69 Å². The lowest BCUT2D eigenvalue weighted by molar-refractivity contribution is 0.132. The van der Waals surface area contributed by atoms with Crippen LogP contribution in [-0.4, -0.2) is 21.0 Å². The van der Waals surface area contributed by atoms with Crippen molar-refractivity contribution >= 4 is 41.2 Å². The number of nitrogens with zero attached hydrogens (tertiary/aromatic N) is 4. The molecule has 0 aliphatic heterocycles. The highest BCUT2D eigenvalue weighted by atomic mass is 35.5. The number of rotatable bonds is 7. The fourth-order valence-electron chi connectivity index (χ4n) is 2.83. The van der Waals surface area contributed by atoms with E-state index in [1.54, 1.807) is 42.7 Å². The summed E-state index contributed by atoms with van der Waals surface area (Å²) in [6.07, 6.45) is 3.27. The molecule has 0 N–H and O–H groups in total. The maximum atomic E-state index is 13.4. The van der Waals surface area contributed by atoms with E-state index in [0.29, 0.717) is 10.2 Å². The second-order valence-corrected chi connectivity index (χ2v) is 8.63. The van der Waals surface area contributed by atoms with Crippen molar-refractivity contribution in [3.05, 3.63) is 99.7 Å². The van der Waals surface area contributed by atoms with E-state index < -0.39 is 0 Å². The molecule has 0 saturated heterocycles. The summed E-state index contributed by atoms with van der Waals surface area (Å²) in [4.78, 5) is 10.3. The van der Waals surface area contributed by atoms with Gasteiger partial charge in [-0.25, -0.2) is 14.1 Å². The molecule has 0 aliphatic carbocycles. The highest BCUT2D eigenvalue weighted by Crippen LogP contribution is 2.33. The molecule has 0 aliphatic rings. The van der Waals surface area contributed by atoms with Gasteiger partial charge in [-0.05, 0) is 61.5 Å². The van der Waals surface area contributed by atoms with Gasteiger partial charge in [-0.15, -0.1) is 0 Å². The maximum Gasteiger partial charge on any atom is 0.143 e. The van der Waals surface area contributed by atoms with Crippen molar-refractivity contribution < 1.29 is 9.23 Å². The molecule has 2 heterocycles. The van der Waals surface area contributed by atoms with Crippen LogP contribution in [0.3, 0.4) is 0 Å². The summed E-state index contributed by atoms with van der Waals surface area (Å²) in [5.41, 5.74) is 3.25. The van der Waals surface area contributed by atoms with Gasteiger partial charge in [0.2, 0.25) is 0 Å². The van der Waals surface area contributed by atoms with E-state index >= 15 is 0 Å². The molecule has 0 unspecified atom stereocenters. The first-order valence-electron chi connectivity index (χ1n) is 9.54. The van der Waals surface area contributed by atoms with Gasteiger partial charge in [0.1, 0.15) is 22.6 Å². The van der Waals surface area contributed by atoms with Crippen molar-refractivity contribution in [3.63, 3.8) is 0 Å². The van der Waals surface area contributed by atoms with E-state index in [1.807, 2.05) is 29.8 Å². The second-order valence-electron chi connectivity index (χ2n) is 6.75. The Morgan fingerprint density at radius 2 is 1.81 bits per heavy atom. The Balaban J connectivity index is 1.63. The summed E-state index contributed by atoms with van der Waals surface area (Å²) in [5, 5.41) is 10.7. The van der Waals surface area contributed by atoms with Gasteiger partial charge in [0.05, 0.1) is 23.2 Å². The minimum atomic E-state index is -0.288. The van der Waals surface area contributed by atoms with Crippen LogP contribution in [-0.2, 0) is 11.4 Å². The average Bonchev–Trinajstić information content (AvgIpc) is 3.09. The van der Waals surface area contributed by atoms with Gasteiger partial charge < -0.3 is 4.84 Å². The number of oxime groups is 1. The minimum Gasteiger partial charge on any atom is -0.391 e. The van der Waals surface area contributed by atoms with Gasteiger partial charge >= 0.3 is 0 Å². The zero-order valence-corrected chi connectivity index (χ0v) is 19.2. The summed E-state index contributed by atoms with van der Waals surface area (Å²) in [6, 6.07) is 17.2. The highest BCUT2D eigenvalue weighted by Gasteiger charge is 2.17. The standard InChI is InChI=1S/C23H17Cl2FN4OS/c1-15-21(13-28-31-14-16-2-11-22(25)27-12-16)23(32-20-9-5-18(26)6-10-20)30(29-15)19-7-3-17(24)4-8-19/h2-13H,14H2,1H3/b28-13+. The van der Waals surface area contributed by atoms with Crippen LogP contribution in [0.5, 0.6) is 0 Å². The minimum absolute atomic E-state index is 0.255. The molecule has 0 radical (unpaired) electrons. The van der Waals surface area contributed by atoms with Gasteiger partial charge in [0.25, 0.3) is 0 Å². The molecule has 0 spiro atoms. The van der Waals surface area contributed by atoms with Crippen molar-refractivity contribution in [2.75, 3.05) is 0 Å². The summed E-state index contributed by atoms with van der Waals surface area (Å²) in [7, 11) is 0. The third-order valence-electron chi connectivity index (χ3n) is 4.44. The molecule has 0 amide bonds. The van der Waals surface area contributed by atoms with Gasteiger partial charge in [-0.3, -0.25) is 0 Å². The Hall–Kier alpha value is -2.87. The number of hydrogen-bond acceptors (Lipinski definition) is 5. The SMILES string of the molecule is Cc1nn(-c2ccc(Cl)cc2)c(Sc2ccc(F)cc2)c1/C=N/OCc1ccc(Cl)nc1. The molecule has 0 saturated carbocycles. The summed E-state index contributed by atoms with van der Waals surface area (Å²) < 4.78 is 15.2. The number of pyridine rings is 1. The first-order chi connectivity index (χ1) is 15.5. The van der Waals surface area contributed by atoms with E-state index in [-0.39, 0.29) is 12.4 Å². The zero-order valence-electron chi connectivity index (χ0n) is 16.9. The van der Waals surface area contributed by atoms with Gasteiger partial charge in [0, 0.05) is 21.7 Å². The Labute approximate surface area is 198 Å². The van der Waals surface area contributed by atoms with Crippen LogP contribution in [0.2, 0.25) is 10.2 Å². The summed E-state index contributed by atoms with van der Waals surface area (Å²) in [6.45, 7) is 2.15. The second kappa shape index (κ2) is 10.2. The molecule has 4 rings (SSSR count). The lowest BCUT2D eigenvalue weighted by atomic mass is 10.3. The molecule has 4 aromatic rings. The molecule has 9 heteroatoms. The molecule has 32 heavy (non-hydrogen) atoms. The van der Waals surface area contributed by atoms with Crippen molar-refractivity contribution in [1.29, 1.82) is 0 Å². The smallest absolute Gasteiger partial charge is 0.143 e. The predicted molar refractivity (Wildman–Crippen MR) is 125 cm³/mol. The van der Waals surface area contributed by atoms with Crippen molar-refractivity contribution in [2.24, 2.45) is 5.16 Å². The Morgan fingerprint density at radius 3 is 2.50 bits per heavy atom. The van der Waals surface area contributed by atoms with E-state index in [2.05, 4.69) is 15.2 Å². The first-order valence-corrected chi connectivity index (χ1v) is 11.1. The fraction of sp³-hybridized carbons (Fsp3) is 0.0870. The predicted octanol–water partition coefficient (Wildman–Crippen LogP) is 6.72. The van der Waals surface area contributed by atoms with E-state index in [4.69, 9.17) is 28.0 Å². The average molecular weight is 487 g/mol. The lowest BCUT2D eigenvalue weighted by Crippen LogP contribution is -1.99. The molecule has 0 atom stereocenters. The molecule has 0 bridgehead atoms. The number of halogens is 3. The number of aromatic nitrogens is 3. The third kappa shape index (κ3) is 5.48. The summed E-state index contributed by atoms with van der Waals surface area (Å²) in [5.74, 6) is -0.288. The van der Waals surface area contributed by atoms with Crippen LogP contribution < -0.4 is 0 Å². The van der Waals surface area contributed by atoms with Gasteiger partial charge in [-0.1, -0.05) is 46.2 Å². The number of aryl methyl sites for hydroxylation is 1. The fourth-order valence-corrected chi connectivity index (χ4v) is 4.11. The monoisotopic (exact) mass is 486 g/mol. The van der Waals surface area contributed by atoms with E-state index in [1.165, 1.54) is 23.9 Å². The molecular formula is C23H17Cl2FN4OS. The molecule has 0 fully saturated rings. The lowest BCUT2D eigenvalue weighted by Gasteiger charge is -2.08. The Kier molecular flexibility index (Phi) is 7.09. The molecular weight excluding hydrogens is 470 g/mol. The first kappa shape index (κ1) is 22.3. The van der Waals surface area contributed by atoms with Crippen LogP contribution in [0.25, 0.3) is 5.69 Å². The van der Waals surface area contributed by atoms with Crippen LogP contribution in [0, 0.1) is 12.7 Å². The zero-order chi connectivity index (χ0) is 22.5. The molecule has 2 aromatic carbocycles. The van der Waals surface area contributed by atoms with Crippen molar-refractivity contribution in [1.82, 2.24) is 14.8 Å². The molecule has 162 valence electrons. The largest absolute Gasteiger partial charge is 0.391 e. The molecule has 2 aromatic heterocycles. The Morgan fingerprint density at radius 1 is 1.06 bits per heavy atom. The van der Waals surface area contributed by atoms with Gasteiger partial charge in [-0.2, -0.15) is 5.10 Å². The van der Waals surface area contributed by atoms with Gasteiger partial charge in [0.15, 0.2) is 0 Å². The summed E-state index contributed by atoms with van der Waals surface area (Å²) >= 11 is 13.3. The van der Waals surface area contributed by atoms with Crippen LogP contribution in [0.1, 0.15) is 16.8 Å². The quantitative estimate of drug-likeness (QED) is 0.165. The van der Waals surface area contributed by atoms with Crippen LogP contribution >= 0.6 is 35.0 Å². The number of benzene rings is 2. The van der Waals surface area contributed by atoms with Crippen molar-refractivity contribution in [2.45, 2.75) is 23.5 Å². The third-order valence-corrected chi connectivity index (χ3v) is 6.01. The van der Waals surface area contributed by atoms with E-state index in [9.17, 15) is 4.39 Å². The normalized spacial score (nSPS) is 11.2. The van der Waals surface area contributed by atoms with E-state index in [0.717, 1.165) is 32.4 Å². The Bertz CT molecular complexity index is 1230. The maximum absolute atomic E-state index is 13.4. The molecule has 5 nitrogen and oxygen atoms in total. The topological polar surface area (TPSA) is 52.3 Å². The highest BCUT2D eigenvalue weighted by molar-refractivity contribution is 7.99. The van der Waals surface area contributed by atoms with Crippen LogP contribution in [0.15, 0.2) is 81.9 Å².